The number of hydrogen-bond acceptors (Lipinski definition) is 3. The van der Waals surface area contributed by atoms with E-state index in [2.05, 4.69) is 242 Å². The Morgan fingerprint density at radius 2 is 1.11 bits per heavy atom. The van der Waals surface area contributed by atoms with Crippen molar-refractivity contribution in [2.24, 2.45) is 10.9 Å². The number of benzene rings is 9. The highest BCUT2D eigenvalue weighted by atomic mass is 15.3. The van der Waals surface area contributed by atoms with Gasteiger partial charge in [0.25, 0.3) is 0 Å². The Balaban J connectivity index is 0.953. The molecule has 4 unspecified atom stereocenters. The van der Waals surface area contributed by atoms with Crippen LogP contribution in [-0.4, -0.2) is 5.84 Å². The molecule has 0 saturated carbocycles. The second-order valence-electron chi connectivity index (χ2n) is 18.3. The molecule has 1 spiro atoms. The molecule has 4 atom stereocenters. The van der Waals surface area contributed by atoms with Crippen LogP contribution < -0.4 is 10.6 Å². The van der Waals surface area contributed by atoms with Crippen molar-refractivity contribution in [2.45, 2.75) is 31.1 Å². The molecule has 0 radical (unpaired) electrons. The van der Waals surface area contributed by atoms with Crippen molar-refractivity contribution in [3.8, 4) is 44.5 Å². The van der Waals surface area contributed by atoms with E-state index in [4.69, 9.17) is 4.99 Å². The summed E-state index contributed by atoms with van der Waals surface area (Å²) in [5.74, 6) is 1.33. The van der Waals surface area contributed by atoms with E-state index in [1.165, 1.54) is 88.7 Å². The van der Waals surface area contributed by atoms with Crippen molar-refractivity contribution in [1.29, 1.82) is 0 Å². The summed E-state index contributed by atoms with van der Waals surface area (Å²) in [4.78, 5) is 5.38. The van der Waals surface area contributed by atoms with Gasteiger partial charge in [-0.1, -0.05) is 225 Å². The average Bonchev–Trinajstić information content (AvgIpc) is 3.86. The number of nitrogens with one attached hydrogen (secondary N) is 2. The minimum atomic E-state index is -0.341. The Labute approximate surface area is 386 Å². The normalized spacial score (nSPS) is 20.1. The molecule has 13 rings (SSSR count). The molecule has 0 aromatic heterocycles. The van der Waals surface area contributed by atoms with E-state index in [1.54, 1.807) is 0 Å². The fourth-order valence-electron chi connectivity index (χ4n) is 11.7. The van der Waals surface area contributed by atoms with Gasteiger partial charge in [0.15, 0.2) is 0 Å². The van der Waals surface area contributed by atoms with E-state index in [-0.39, 0.29) is 17.7 Å². The predicted octanol–water partition coefficient (Wildman–Crippen LogP) is 14.9. The molecular weight excluding hydrogens is 799 g/mol. The third-order valence-corrected chi connectivity index (χ3v) is 14.6. The second-order valence-corrected chi connectivity index (χ2v) is 18.3. The molecule has 3 aliphatic carbocycles. The number of allylic oxidation sites excluding steroid dienone is 4. The monoisotopic (exact) mass is 845 g/mol. The van der Waals surface area contributed by atoms with Crippen molar-refractivity contribution in [1.82, 2.24) is 10.6 Å². The Hall–Kier alpha value is -7.85. The smallest absolute Gasteiger partial charge is 0.131 e. The lowest BCUT2D eigenvalue weighted by Gasteiger charge is -2.34. The molecule has 9 aromatic carbocycles. The summed E-state index contributed by atoms with van der Waals surface area (Å²) in [7, 11) is 0. The number of fused-ring (bicyclic) bond motifs is 10. The van der Waals surface area contributed by atoms with Crippen LogP contribution in [0.5, 0.6) is 0 Å². The van der Waals surface area contributed by atoms with Crippen LogP contribution in [0.2, 0.25) is 0 Å². The lowest BCUT2D eigenvalue weighted by atomic mass is 9.67. The zero-order chi connectivity index (χ0) is 43.8. The molecule has 1 aliphatic heterocycles. The van der Waals surface area contributed by atoms with E-state index >= 15 is 0 Å². The zero-order valence-corrected chi connectivity index (χ0v) is 36.7. The Kier molecular flexibility index (Phi) is 9.01. The molecule has 2 N–H and O–H groups in total. The van der Waals surface area contributed by atoms with E-state index in [1.807, 2.05) is 0 Å². The number of rotatable bonds is 6. The first-order valence-corrected chi connectivity index (χ1v) is 23.3. The van der Waals surface area contributed by atoms with Gasteiger partial charge in [-0.05, 0) is 118 Å². The maximum Gasteiger partial charge on any atom is 0.131 e. The average molecular weight is 846 g/mol. The lowest BCUT2D eigenvalue weighted by molar-refractivity contribution is 0.409. The molecule has 314 valence electrons. The van der Waals surface area contributed by atoms with E-state index in [9.17, 15) is 0 Å². The predicted molar refractivity (Wildman–Crippen MR) is 273 cm³/mol. The second kappa shape index (κ2) is 15.4. The number of amidine groups is 1. The molecule has 9 aromatic rings. The van der Waals surface area contributed by atoms with Crippen molar-refractivity contribution in [3.05, 3.63) is 269 Å². The van der Waals surface area contributed by atoms with Crippen LogP contribution in [0.4, 0.5) is 0 Å². The molecule has 0 amide bonds. The third kappa shape index (κ3) is 5.97. The first-order valence-electron chi connectivity index (χ1n) is 23.3. The summed E-state index contributed by atoms with van der Waals surface area (Å²) in [5.41, 5.74) is 21.4. The van der Waals surface area contributed by atoms with Gasteiger partial charge in [0.05, 0.1) is 5.41 Å². The molecule has 3 nitrogen and oxygen atoms in total. The number of hydrogen-bond donors (Lipinski definition) is 2. The molecule has 66 heavy (non-hydrogen) atoms. The SMILES string of the molecule is CC1C=CC2=C(C1)C1(c3ccccc32)c2ccccc2-c2c(-c3ccc4ccccc4c3-c3ccc(C4=NC(c5cccc(-c6ccccc6)c5)NC(c5ccccc5)N4)cc3)cccc21. The van der Waals surface area contributed by atoms with Gasteiger partial charge in [-0.2, -0.15) is 0 Å². The van der Waals surface area contributed by atoms with Crippen LogP contribution >= 0.6 is 0 Å². The maximum atomic E-state index is 5.38. The number of aliphatic imine (C=N–C) groups is 1. The standard InChI is InChI=1S/C63H47N3/c1-40-30-36-50-49-24-10-12-27-54(49)63(57(50)38-40)55-28-13-11-25-53(55)59-51(26-15-29-56(59)63)52-37-35-42-18-8-9-23-48(42)58(52)43-31-33-45(34-32-43)61-64-60(44-19-6-3-7-20-44)65-62(66-61)47-22-14-21-46(39-47)41-16-4-2-5-17-41/h2-37,39-40,60,62,65H,38H2,1H3,(H,64,66). The maximum absolute atomic E-state index is 5.38. The summed E-state index contributed by atoms with van der Waals surface area (Å²) in [6.07, 6.45) is 5.46. The molecular formula is C63H47N3. The van der Waals surface area contributed by atoms with Gasteiger partial charge < -0.3 is 5.32 Å². The van der Waals surface area contributed by atoms with Gasteiger partial charge >= 0.3 is 0 Å². The molecule has 0 saturated heterocycles. The quantitative estimate of drug-likeness (QED) is 0.175. The van der Waals surface area contributed by atoms with Gasteiger partial charge in [0.1, 0.15) is 18.2 Å². The Bertz CT molecular complexity index is 3470. The van der Waals surface area contributed by atoms with Crippen molar-refractivity contribution in [3.63, 3.8) is 0 Å². The van der Waals surface area contributed by atoms with Gasteiger partial charge in [0.2, 0.25) is 0 Å². The molecule has 1 heterocycles. The van der Waals surface area contributed by atoms with Gasteiger partial charge in [-0.3, -0.25) is 5.32 Å². The summed E-state index contributed by atoms with van der Waals surface area (Å²) in [5, 5.41) is 10.1. The van der Waals surface area contributed by atoms with Crippen LogP contribution in [0, 0.1) is 5.92 Å². The van der Waals surface area contributed by atoms with Crippen LogP contribution in [0.3, 0.4) is 0 Å². The van der Waals surface area contributed by atoms with E-state index in [0.29, 0.717) is 5.92 Å². The third-order valence-electron chi connectivity index (χ3n) is 14.6. The highest BCUT2D eigenvalue weighted by molar-refractivity contribution is 6.09. The highest BCUT2D eigenvalue weighted by Crippen LogP contribution is 2.65. The molecule has 0 fully saturated rings. The topological polar surface area (TPSA) is 36.4 Å². The van der Waals surface area contributed by atoms with Crippen LogP contribution in [-0.2, 0) is 5.41 Å². The molecule has 4 aliphatic rings. The van der Waals surface area contributed by atoms with Crippen LogP contribution in [0.25, 0.3) is 60.9 Å². The fraction of sp³-hybridized carbons (Fsp3) is 0.0952. The first-order chi connectivity index (χ1) is 32.6. The first kappa shape index (κ1) is 38.6. The summed E-state index contributed by atoms with van der Waals surface area (Å²) in [6, 6.07) is 78.1. The van der Waals surface area contributed by atoms with E-state index in [0.717, 1.165) is 28.9 Å². The summed E-state index contributed by atoms with van der Waals surface area (Å²) >= 11 is 0. The fourth-order valence-corrected chi connectivity index (χ4v) is 11.7. The number of nitrogens with zero attached hydrogens (tertiary/aromatic N) is 1. The minimum Gasteiger partial charge on any atom is -0.350 e. The minimum absolute atomic E-state index is 0.133. The van der Waals surface area contributed by atoms with Crippen molar-refractivity contribution >= 4 is 22.2 Å². The van der Waals surface area contributed by atoms with Crippen molar-refractivity contribution in [2.75, 3.05) is 0 Å². The largest absolute Gasteiger partial charge is 0.350 e. The van der Waals surface area contributed by atoms with Crippen LogP contribution in [0.1, 0.15) is 64.6 Å². The van der Waals surface area contributed by atoms with Crippen LogP contribution in [0.15, 0.2) is 235 Å². The van der Waals surface area contributed by atoms with Gasteiger partial charge in [0, 0.05) is 5.56 Å². The Morgan fingerprint density at radius 1 is 0.485 bits per heavy atom. The lowest BCUT2D eigenvalue weighted by Crippen LogP contribution is -2.44. The zero-order valence-electron chi connectivity index (χ0n) is 36.7. The van der Waals surface area contributed by atoms with E-state index < -0.39 is 0 Å². The summed E-state index contributed by atoms with van der Waals surface area (Å²) in [6.45, 7) is 2.36. The van der Waals surface area contributed by atoms with Gasteiger partial charge in [-0.15, -0.1) is 0 Å². The molecule has 3 heteroatoms. The van der Waals surface area contributed by atoms with Crippen molar-refractivity contribution < 1.29 is 0 Å². The highest BCUT2D eigenvalue weighted by Gasteiger charge is 2.53. The Morgan fingerprint density at radius 3 is 1.94 bits per heavy atom. The summed E-state index contributed by atoms with van der Waals surface area (Å²) < 4.78 is 0. The molecule has 0 bridgehead atoms. The van der Waals surface area contributed by atoms with Gasteiger partial charge in [-0.25, -0.2) is 4.99 Å².